The van der Waals surface area contributed by atoms with E-state index in [0.717, 1.165) is 5.69 Å². The van der Waals surface area contributed by atoms with Crippen LogP contribution in [0, 0.1) is 0 Å². The summed E-state index contributed by atoms with van der Waals surface area (Å²) < 4.78 is 4.91. The number of para-hydroxylation sites is 2. The highest BCUT2D eigenvalue weighted by Gasteiger charge is 2.25. The maximum absolute atomic E-state index is 2.47. The Hall–Kier alpha value is -6.81. The second-order valence-corrected chi connectivity index (χ2v) is 15.6. The lowest BCUT2D eigenvalue weighted by Crippen LogP contribution is -1.99. The van der Waals surface area contributed by atoms with E-state index in [2.05, 4.69) is 203 Å². The van der Waals surface area contributed by atoms with Gasteiger partial charge in [0.05, 0.1) is 22.1 Å². The van der Waals surface area contributed by atoms with Crippen LogP contribution in [0.5, 0.6) is 0 Å². The molecule has 55 heavy (non-hydrogen) atoms. The van der Waals surface area contributed by atoms with Crippen LogP contribution in [0.4, 0.5) is 0 Å². The van der Waals surface area contributed by atoms with Crippen molar-refractivity contribution in [3.63, 3.8) is 0 Å². The van der Waals surface area contributed by atoms with Gasteiger partial charge in [0.1, 0.15) is 0 Å². The van der Waals surface area contributed by atoms with Crippen molar-refractivity contribution in [2.75, 3.05) is 0 Å². The second kappa shape index (κ2) is 11.8. The molecule has 0 saturated carbocycles. The lowest BCUT2D eigenvalue weighted by atomic mass is 9.94. The summed E-state index contributed by atoms with van der Waals surface area (Å²) in [6.45, 7) is 0. The average molecular weight is 717 g/mol. The molecule has 2 aromatic heterocycles. The van der Waals surface area contributed by atoms with E-state index >= 15 is 0 Å². The summed E-state index contributed by atoms with van der Waals surface area (Å²) in [5.74, 6) is 0. The minimum atomic E-state index is 1.16. The molecule has 3 heterocycles. The highest BCUT2D eigenvalue weighted by Crippen LogP contribution is 2.52. The van der Waals surface area contributed by atoms with Gasteiger partial charge in [-0.3, -0.25) is 0 Å². The molecule has 3 heteroatoms. The largest absolute Gasteiger partial charge is 0.309 e. The molecule has 12 rings (SSSR count). The maximum Gasteiger partial charge on any atom is 0.0553 e. The SMILES string of the molecule is c1ccc(-c2ccc3c(c2)c2cc(-c4ccccc4)ccc2n3-c2ccc3c(c2)-c2cc4c(c5cccc(c25)S3)c2ccccc2n4-c2ccccc2)cc1. The molecular formula is C52H32N2S. The summed E-state index contributed by atoms with van der Waals surface area (Å²) in [5, 5.41) is 7.74. The van der Waals surface area contributed by atoms with E-state index in [-0.39, 0.29) is 0 Å². The number of benzene rings is 9. The number of rotatable bonds is 4. The van der Waals surface area contributed by atoms with Gasteiger partial charge in [0, 0.05) is 48.1 Å². The minimum Gasteiger partial charge on any atom is -0.309 e. The van der Waals surface area contributed by atoms with Crippen LogP contribution >= 0.6 is 11.8 Å². The Kier molecular flexibility index (Phi) is 6.60. The van der Waals surface area contributed by atoms with Crippen molar-refractivity contribution in [3.8, 4) is 44.8 Å². The molecule has 0 N–H and O–H groups in total. The molecular weight excluding hydrogens is 685 g/mol. The van der Waals surface area contributed by atoms with Crippen LogP contribution in [0.25, 0.3) is 99.1 Å². The fourth-order valence-corrected chi connectivity index (χ4v) is 10.2. The van der Waals surface area contributed by atoms with E-state index in [1.54, 1.807) is 0 Å². The van der Waals surface area contributed by atoms with Crippen molar-refractivity contribution in [2.24, 2.45) is 0 Å². The van der Waals surface area contributed by atoms with Crippen LogP contribution in [0.15, 0.2) is 204 Å². The van der Waals surface area contributed by atoms with E-state index in [1.807, 2.05) is 11.8 Å². The normalized spacial score (nSPS) is 12.3. The Balaban J connectivity index is 1.13. The zero-order chi connectivity index (χ0) is 36.0. The third-order valence-electron chi connectivity index (χ3n) is 11.5. The van der Waals surface area contributed by atoms with Crippen LogP contribution in [-0.2, 0) is 0 Å². The molecule has 0 atom stereocenters. The molecule has 9 aromatic carbocycles. The average Bonchev–Trinajstić information content (AvgIpc) is 3.77. The van der Waals surface area contributed by atoms with Gasteiger partial charge in [-0.15, -0.1) is 0 Å². The Morgan fingerprint density at radius 3 is 1.56 bits per heavy atom. The van der Waals surface area contributed by atoms with E-state index in [1.165, 1.54) is 103 Å². The summed E-state index contributed by atoms with van der Waals surface area (Å²) in [6.07, 6.45) is 0. The standard InChI is InChI=1S/C52H32N2S/c1-4-13-33(14-5-1)35-23-26-46-41(29-35)42-30-36(34-15-6-2-7-16-34)24-27-47(42)54(46)38-25-28-49-43(31-38)44-32-48-51(40-20-12-22-50(55-49)52(40)44)39-19-10-11-21-45(39)53(48)37-17-8-3-9-18-37/h1-32H. The van der Waals surface area contributed by atoms with E-state index in [0.29, 0.717) is 0 Å². The summed E-state index contributed by atoms with van der Waals surface area (Å²) in [4.78, 5) is 2.59. The predicted octanol–water partition coefficient (Wildman–Crippen LogP) is 14.5. The quantitative estimate of drug-likeness (QED) is 0.176. The molecule has 1 aliphatic rings. The van der Waals surface area contributed by atoms with Gasteiger partial charge in [-0.25, -0.2) is 0 Å². The summed E-state index contributed by atoms with van der Waals surface area (Å²) >= 11 is 1.89. The highest BCUT2D eigenvalue weighted by atomic mass is 32.2. The van der Waals surface area contributed by atoms with Crippen LogP contribution in [-0.4, -0.2) is 9.13 Å². The van der Waals surface area contributed by atoms with Gasteiger partial charge in [-0.2, -0.15) is 0 Å². The van der Waals surface area contributed by atoms with Gasteiger partial charge in [0.2, 0.25) is 0 Å². The fourth-order valence-electron chi connectivity index (χ4n) is 9.06. The molecule has 256 valence electrons. The Morgan fingerprint density at radius 1 is 0.291 bits per heavy atom. The number of hydrogen-bond donors (Lipinski definition) is 0. The Labute approximate surface area is 322 Å². The van der Waals surface area contributed by atoms with Crippen molar-refractivity contribution in [2.45, 2.75) is 9.79 Å². The molecule has 0 aliphatic carbocycles. The van der Waals surface area contributed by atoms with Crippen LogP contribution in [0.1, 0.15) is 0 Å². The zero-order valence-electron chi connectivity index (χ0n) is 29.8. The third kappa shape index (κ3) is 4.57. The van der Waals surface area contributed by atoms with Gasteiger partial charge < -0.3 is 9.13 Å². The molecule has 11 aromatic rings. The first-order valence-corrected chi connectivity index (χ1v) is 19.7. The first kappa shape index (κ1) is 30.6. The Bertz CT molecular complexity index is 3220. The summed E-state index contributed by atoms with van der Waals surface area (Å²) in [7, 11) is 0. The second-order valence-electron chi connectivity index (χ2n) is 14.5. The smallest absolute Gasteiger partial charge is 0.0553 e. The number of hydrogen-bond acceptors (Lipinski definition) is 1. The van der Waals surface area contributed by atoms with Crippen LogP contribution in [0.2, 0.25) is 0 Å². The molecule has 0 amide bonds. The van der Waals surface area contributed by atoms with Crippen LogP contribution < -0.4 is 0 Å². The van der Waals surface area contributed by atoms with Gasteiger partial charge >= 0.3 is 0 Å². The predicted molar refractivity (Wildman–Crippen MR) is 233 cm³/mol. The lowest BCUT2D eigenvalue weighted by molar-refractivity contribution is 1.17. The van der Waals surface area contributed by atoms with Crippen molar-refractivity contribution in [1.82, 2.24) is 9.13 Å². The van der Waals surface area contributed by atoms with Crippen molar-refractivity contribution >= 4 is 66.1 Å². The number of aromatic nitrogens is 2. The first-order valence-electron chi connectivity index (χ1n) is 18.8. The maximum atomic E-state index is 2.47. The minimum absolute atomic E-state index is 1.16. The molecule has 0 radical (unpaired) electrons. The number of fused-ring (bicyclic) bond motifs is 9. The molecule has 0 spiro atoms. The zero-order valence-corrected chi connectivity index (χ0v) is 30.6. The lowest BCUT2D eigenvalue weighted by Gasteiger charge is -2.22. The fraction of sp³-hybridized carbons (Fsp3) is 0. The molecule has 0 unspecified atom stereocenters. The van der Waals surface area contributed by atoms with Crippen LogP contribution in [0.3, 0.4) is 0 Å². The van der Waals surface area contributed by atoms with E-state index < -0.39 is 0 Å². The third-order valence-corrected chi connectivity index (χ3v) is 12.6. The van der Waals surface area contributed by atoms with Gasteiger partial charge in [0.25, 0.3) is 0 Å². The number of nitrogens with zero attached hydrogens (tertiary/aromatic N) is 2. The molecule has 0 fully saturated rings. The first-order chi connectivity index (χ1) is 27.3. The van der Waals surface area contributed by atoms with E-state index in [4.69, 9.17) is 0 Å². The summed E-state index contributed by atoms with van der Waals surface area (Å²) in [6, 6.07) is 71.4. The van der Waals surface area contributed by atoms with Crippen molar-refractivity contribution < 1.29 is 0 Å². The molecule has 2 nitrogen and oxygen atoms in total. The topological polar surface area (TPSA) is 9.86 Å². The molecule has 0 bridgehead atoms. The van der Waals surface area contributed by atoms with Gasteiger partial charge in [-0.1, -0.05) is 133 Å². The van der Waals surface area contributed by atoms with Crippen molar-refractivity contribution in [1.29, 1.82) is 0 Å². The van der Waals surface area contributed by atoms with Gasteiger partial charge in [0.15, 0.2) is 0 Å². The monoisotopic (exact) mass is 716 g/mol. The van der Waals surface area contributed by atoms with Crippen molar-refractivity contribution in [3.05, 3.63) is 194 Å². The highest BCUT2D eigenvalue weighted by molar-refractivity contribution is 7.99. The molecule has 1 aliphatic heterocycles. The Morgan fingerprint density at radius 2 is 0.873 bits per heavy atom. The van der Waals surface area contributed by atoms with E-state index in [9.17, 15) is 0 Å². The summed E-state index contributed by atoms with van der Waals surface area (Å²) in [5.41, 5.74) is 14.6. The van der Waals surface area contributed by atoms with Gasteiger partial charge in [-0.05, 0) is 112 Å². The molecule has 0 saturated heterocycles.